The highest BCUT2D eigenvalue weighted by Crippen LogP contribution is 2.10. The normalized spacial score (nSPS) is 24.2. The van der Waals surface area contributed by atoms with E-state index in [0.29, 0.717) is 6.04 Å². The van der Waals surface area contributed by atoms with E-state index in [1.165, 1.54) is 12.8 Å². The summed E-state index contributed by atoms with van der Waals surface area (Å²) in [4.78, 5) is 0. The molecule has 1 aliphatic rings. The van der Waals surface area contributed by atoms with Crippen molar-refractivity contribution < 1.29 is 8.42 Å². The van der Waals surface area contributed by atoms with Crippen LogP contribution in [0.15, 0.2) is 0 Å². The van der Waals surface area contributed by atoms with E-state index in [1.807, 2.05) is 13.8 Å². The molecule has 0 bridgehead atoms. The van der Waals surface area contributed by atoms with Gasteiger partial charge < -0.3 is 5.32 Å². The van der Waals surface area contributed by atoms with Crippen LogP contribution in [-0.4, -0.2) is 32.8 Å². The van der Waals surface area contributed by atoms with Crippen molar-refractivity contribution in [3.63, 3.8) is 0 Å². The van der Waals surface area contributed by atoms with Crippen molar-refractivity contribution in [2.24, 2.45) is 0 Å². The molecule has 1 fully saturated rings. The number of hydrogen-bond donors (Lipinski definition) is 2. The molecule has 0 spiro atoms. The van der Waals surface area contributed by atoms with Gasteiger partial charge in [-0.3, -0.25) is 0 Å². The Morgan fingerprint density at radius 1 is 1.44 bits per heavy atom. The van der Waals surface area contributed by atoms with Crippen LogP contribution in [-0.2, 0) is 10.0 Å². The molecule has 0 aromatic carbocycles. The molecule has 0 radical (unpaired) electrons. The molecule has 0 aromatic rings. The zero-order valence-corrected chi connectivity index (χ0v) is 11.1. The molecule has 0 aromatic heterocycles. The summed E-state index contributed by atoms with van der Waals surface area (Å²) in [5, 5.41) is 3.37. The Kier molecular flexibility index (Phi) is 5.72. The zero-order chi connectivity index (χ0) is 12.0. The van der Waals surface area contributed by atoms with Crippen molar-refractivity contribution in [2.45, 2.75) is 58.0 Å². The minimum atomic E-state index is -3.08. The molecule has 1 rings (SSSR count). The average molecular weight is 248 g/mol. The first-order valence-electron chi connectivity index (χ1n) is 6.27. The molecule has 2 unspecified atom stereocenters. The van der Waals surface area contributed by atoms with Crippen molar-refractivity contribution in [2.75, 3.05) is 12.3 Å². The van der Waals surface area contributed by atoms with E-state index < -0.39 is 10.0 Å². The van der Waals surface area contributed by atoms with Crippen LogP contribution in [0.25, 0.3) is 0 Å². The minimum absolute atomic E-state index is 0.0457. The first kappa shape index (κ1) is 13.9. The second-order valence-electron chi connectivity index (χ2n) is 4.68. The van der Waals surface area contributed by atoms with Gasteiger partial charge in [-0.15, -0.1) is 0 Å². The largest absolute Gasteiger partial charge is 0.314 e. The van der Waals surface area contributed by atoms with Crippen molar-refractivity contribution >= 4 is 10.0 Å². The summed E-state index contributed by atoms with van der Waals surface area (Å²) in [5.41, 5.74) is 0. The summed E-state index contributed by atoms with van der Waals surface area (Å²) in [6, 6.07) is 0.437. The molecular weight excluding hydrogens is 224 g/mol. The average Bonchev–Trinajstić information content (AvgIpc) is 2.27. The van der Waals surface area contributed by atoms with Gasteiger partial charge in [0.1, 0.15) is 0 Å². The molecule has 1 aliphatic heterocycles. The highest BCUT2D eigenvalue weighted by molar-refractivity contribution is 7.89. The summed E-state index contributed by atoms with van der Waals surface area (Å²) >= 11 is 0. The van der Waals surface area contributed by atoms with Gasteiger partial charge >= 0.3 is 0 Å². The molecule has 2 atom stereocenters. The maximum absolute atomic E-state index is 11.7. The summed E-state index contributed by atoms with van der Waals surface area (Å²) < 4.78 is 26.1. The molecule has 0 aliphatic carbocycles. The molecule has 1 saturated heterocycles. The van der Waals surface area contributed by atoms with E-state index in [4.69, 9.17) is 0 Å². The Labute approximate surface area is 99.2 Å². The summed E-state index contributed by atoms with van der Waals surface area (Å²) in [6.07, 6.45) is 5.11. The summed E-state index contributed by atoms with van der Waals surface area (Å²) in [6.45, 7) is 4.91. The van der Waals surface area contributed by atoms with E-state index in [-0.39, 0.29) is 11.8 Å². The van der Waals surface area contributed by atoms with Crippen LogP contribution in [0.3, 0.4) is 0 Å². The lowest BCUT2D eigenvalue weighted by molar-refractivity contribution is 0.392. The molecule has 4 nitrogen and oxygen atoms in total. The fraction of sp³-hybridized carbons (Fsp3) is 1.00. The minimum Gasteiger partial charge on any atom is -0.314 e. The Morgan fingerprint density at radius 3 is 2.75 bits per heavy atom. The molecular formula is C11H24N2O2S. The Morgan fingerprint density at radius 2 is 2.19 bits per heavy atom. The third kappa shape index (κ3) is 5.27. The molecule has 5 heteroatoms. The van der Waals surface area contributed by atoms with E-state index >= 15 is 0 Å². The van der Waals surface area contributed by atoms with Crippen molar-refractivity contribution in [1.29, 1.82) is 0 Å². The van der Waals surface area contributed by atoms with Gasteiger partial charge in [0, 0.05) is 12.1 Å². The van der Waals surface area contributed by atoms with Crippen LogP contribution >= 0.6 is 0 Å². The number of piperidine rings is 1. The van der Waals surface area contributed by atoms with Gasteiger partial charge in [0.2, 0.25) is 10.0 Å². The lowest BCUT2D eigenvalue weighted by Gasteiger charge is -2.23. The molecule has 0 saturated carbocycles. The number of nitrogens with one attached hydrogen (secondary N) is 2. The topological polar surface area (TPSA) is 58.2 Å². The maximum atomic E-state index is 11.7. The smallest absolute Gasteiger partial charge is 0.211 e. The lowest BCUT2D eigenvalue weighted by Crippen LogP contribution is -2.39. The van der Waals surface area contributed by atoms with E-state index in [9.17, 15) is 8.42 Å². The number of hydrogen-bond acceptors (Lipinski definition) is 3. The lowest BCUT2D eigenvalue weighted by atomic mass is 10.0. The van der Waals surface area contributed by atoms with Crippen LogP contribution in [0.4, 0.5) is 0 Å². The predicted octanol–water partition coefficient (Wildman–Crippen LogP) is 1.24. The van der Waals surface area contributed by atoms with Crippen LogP contribution < -0.4 is 10.0 Å². The maximum Gasteiger partial charge on any atom is 0.211 e. The van der Waals surface area contributed by atoms with E-state index in [2.05, 4.69) is 10.0 Å². The van der Waals surface area contributed by atoms with Crippen LogP contribution in [0, 0.1) is 0 Å². The van der Waals surface area contributed by atoms with Crippen LogP contribution in [0.1, 0.15) is 46.0 Å². The highest BCUT2D eigenvalue weighted by atomic mass is 32.2. The Hall–Kier alpha value is -0.130. The third-order valence-electron chi connectivity index (χ3n) is 3.14. The summed E-state index contributed by atoms with van der Waals surface area (Å²) in [5.74, 6) is 0.245. The molecule has 0 amide bonds. The Balaban J connectivity index is 2.29. The first-order chi connectivity index (χ1) is 7.53. The van der Waals surface area contributed by atoms with Crippen molar-refractivity contribution in [3.05, 3.63) is 0 Å². The fourth-order valence-corrected chi connectivity index (χ4v) is 3.41. The standard InChI is InChI=1S/C11H24N2O2S/c1-3-10(2)13-16(14,15)9-7-11-6-4-5-8-12-11/h10-13H,3-9H2,1-2H3. The predicted molar refractivity (Wildman–Crippen MR) is 66.9 cm³/mol. The zero-order valence-electron chi connectivity index (χ0n) is 10.3. The second kappa shape index (κ2) is 6.57. The van der Waals surface area contributed by atoms with Crippen LogP contribution in [0.2, 0.25) is 0 Å². The van der Waals surface area contributed by atoms with Gasteiger partial charge in [0.25, 0.3) is 0 Å². The fourth-order valence-electron chi connectivity index (χ4n) is 1.92. The molecule has 2 N–H and O–H groups in total. The van der Waals surface area contributed by atoms with Crippen LogP contribution in [0.5, 0.6) is 0 Å². The van der Waals surface area contributed by atoms with Gasteiger partial charge in [0.15, 0.2) is 0 Å². The van der Waals surface area contributed by atoms with E-state index in [0.717, 1.165) is 25.8 Å². The molecule has 1 heterocycles. The third-order valence-corrected chi connectivity index (χ3v) is 4.68. The SMILES string of the molecule is CCC(C)NS(=O)(=O)CCC1CCCCN1. The van der Waals surface area contributed by atoms with Crippen molar-refractivity contribution in [1.82, 2.24) is 10.0 Å². The first-order valence-corrected chi connectivity index (χ1v) is 7.92. The monoisotopic (exact) mass is 248 g/mol. The van der Waals surface area contributed by atoms with Gasteiger partial charge in [-0.25, -0.2) is 13.1 Å². The van der Waals surface area contributed by atoms with Gasteiger partial charge in [-0.05, 0) is 39.2 Å². The molecule has 16 heavy (non-hydrogen) atoms. The number of sulfonamides is 1. The van der Waals surface area contributed by atoms with Gasteiger partial charge in [0.05, 0.1) is 5.75 Å². The van der Waals surface area contributed by atoms with Gasteiger partial charge in [-0.1, -0.05) is 13.3 Å². The highest BCUT2D eigenvalue weighted by Gasteiger charge is 2.18. The second-order valence-corrected chi connectivity index (χ2v) is 6.55. The van der Waals surface area contributed by atoms with Gasteiger partial charge in [-0.2, -0.15) is 0 Å². The van der Waals surface area contributed by atoms with Crippen molar-refractivity contribution in [3.8, 4) is 0 Å². The quantitative estimate of drug-likeness (QED) is 0.743. The Bertz CT molecular complexity index is 284. The van der Waals surface area contributed by atoms with E-state index in [1.54, 1.807) is 0 Å². The molecule has 96 valence electrons. The summed E-state index contributed by atoms with van der Waals surface area (Å²) in [7, 11) is -3.08. The number of rotatable bonds is 6.